The van der Waals surface area contributed by atoms with E-state index in [1.54, 1.807) is 23.3 Å². The van der Waals surface area contributed by atoms with E-state index in [0.29, 0.717) is 12.3 Å². The first-order valence-electron chi connectivity index (χ1n) is 4.56. The molecule has 0 bridgehead atoms. The fraction of sp³-hybridized carbons (Fsp3) is 0.200. The fourth-order valence-corrected chi connectivity index (χ4v) is 1.24. The highest BCUT2D eigenvalue weighted by Gasteiger charge is 2.05. The molecule has 0 radical (unpaired) electrons. The van der Waals surface area contributed by atoms with Gasteiger partial charge in [0.05, 0.1) is 23.8 Å². The number of aryl methyl sites for hydroxylation is 1. The maximum atomic E-state index is 5.73. The van der Waals surface area contributed by atoms with Gasteiger partial charge in [-0.1, -0.05) is 0 Å². The predicted octanol–water partition coefficient (Wildman–Crippen LogP) is 0.976. The van der Waals surface area contributed by atoms with Gasteiger partial charge in [-0.2, -0.15) is 5.10 Å². The minimum atomic E-state index is 0.397. The first-order valence-corrected chi connectivity index (χ1v) is 4.56. The van der Waals surface area contributed by atoms with Gasteiger partial charge in [0.15, 0.2) is 0 Å². The van der Waals surface area contributed by atoms with Crippen molar-refractivity contribution in [1.82, 2.24) is 14.8 Å². The zero-order chi connectivity index (χ0) is 10.7. The lowest BCUT2D eigenvalue weighted by molar-refractivity contribution is 0.294. The number of anilines is 1. The van der Waals surface area contributed by atoms with Gasteiger partial charge in [0.1, 0.15) is 12.4 Å². The van der Waals surface area contributed by atoms with E-state index in [4.69, 9.17) is 10.5 Å². The van der Waals surface area contributed by atoms with Gasteiger partial charge in [0, 0.05) is 13.2 Å². The van der Waals surface area contributed by atoms with Gasteiger partial charge >= 0.3 is 0 Å². The number of hydrogen-bond acceptors (Lipinski definition) is 4. The molecular formula is C10H12N4O. The molecule has 0 atom stereocenters. The van der Waals surface area contributed by atoms with Crippen LogP contribution in [-0.2, 0) is 13.7 Å². The molecule has 2 heterocycles. The van der Waals surface area contributed by atoms with E-state index < -0.39 is 0 Å². The third-order valence-corrected chi connectivity index (χ3v) is 2.10. The number of aromatic nitrogens is 3. The van der Waals surface area contributed by atoms with Crippen LogP contribution in [0.1, 0.15) is 5.69 Å². The van der Waals surface area contributed by atoms with Gasteiger partial charge in [-0.15, -0.1) is 0 Å². The molecule has 0 aliphatic rings. The van der Waals surface area contributed by atoms with Crippen LogP contribution in [0, 0.1) is 0 Å². The monoisotopic (exact) mass is 204 g/mol. The summed E-state index contributed by atoms with van der Waals surface area (Å²) in [5.74, 6) is 0.720. The molecule has 0 saturated carbocycles. The van der Waals surface area contributed by atoms with Crippen molar-refractivity contribution >= 4 is 5.69 Å². The van der Waals surface area contributed by atoms with E-state index in [2.05, 4.69) is 10.1 Å². The van der Waals surface area contributed by atoms with Crippen molar-refractivity contribution in [3.05, 3.63) is 36.4 Å². The van der Waals surface area contributed by atoms with E-state index in [1.165, 1.54) is 0 Å². The Morgan fingerprint density at radius 3 is 2.93 bits per heavy atom. The van der Waals surface area contributed by atoms with Gasteiger partial charge in [-0.3, -0.25) is 9.67 Å². The van der Waals surface area contributed by atoms with Gasteiger partial charge < -0.3 is 10.5 Å². The fourth-order valence-electron chi connectivity index (χ4n) is 1.24. The summed E-state index contributed by atoms with van der Waals surface area (Å²) in [6.07, 6.45) is 4.97. The Kier molecular flexibility index (Phi) is 2.53. The Labute approximate surface area is 87.5 Å². The lowest BCUT2D eigenvalue weighted by atomic mass is 10.4. The molecule has 5 nitrogen and oxygen atoms in total. The van der Waals surface area contributed by atoms with Crippen LogP contribution in [0.3, 0.4) is 0 Å². The zero-order valence-electron chi connectivity index (χ0n) is 8.42. The third kappa shape index (κ3) is 2.07. The number of ether oxygens (including phenoxy) is 1. The largest absolute Gasteiger partial charge is 0.486 e. The number of nitrogen functional groups attached to an aromatic ring is 1. The van der Waals surface area contributed by atoms with Crippen LogP contribution < -0.4 is 10.5 Å². The summed E-state index contributed by atoms with van der Waals surface area (Å²) in [4.78, 5) is 3.95. The van der Waals surface area contributed by atoms with Crippen LogP contribution >= 0.6 is 0 Å². The summed E-state index contributed by atoms with van der Waals surface area (Å²) >= 11 is 0. The molecule has 15 heavy (non-hydrogen) atoms. The average Bonchev–Trinajstić information content (AvgIpc) is 2.58. The van der Waals surface area contributed by atoms with Gasteiger partial charge in [0.25, 0.3) is 0 Å². The molecule has 0 saturated heterocycles. The lowest BCUT2D eigenvalue weighted by Crippen LogP contribution is -2.05. The molecule has 0 aliphatic carbocycles. The molecule has 78 valence electrons. The smallest absolute Gasteiger partial charge is 0.138 e. The van der Waals surface area contributed by atoms with Crippen LogP contribution in [0.5, 0.6) is 5.75 Å². The normalized spacial score (nSPS) is 10.2. The molecule has 2 aromatic rings. The van der Waals surface area contributed by atoms with Crippen molar-refractivity contribution in [2.45, 2.75) is 6.61 Å². The molecule has 0 unspecified atom stereocenters. The van der Waals surface area contributed by atoms with Crippen molar-refractivity contribution in [3.63, 3.8) is 0 Å². The Morgan fingerprint density at radius 1 is 1.47 bits per heavy atom. The maximum absolute atomic E-state index is 5.73. The van der Waals surface area contributed by atoms with Gasteiger partial charge in [-0.05, 0) is 12.1 Å². The second-order valence-electron chi connectivity index (χ2n) is 3.15. The Bertz CT molecular complexity index is 418. The molecular weight excluding hydrogens is 192 g/mol. The molecule has 0 amide bonds. The standard InChI is InChI=1S/C10H12N4O/c1-14-10(9(11)6-13-14)7-15-8-3-2-4-12-5-8/h2-6H,7,11H2,1H3. The predicted molar refractivity (Wildman–Crippen MR) is 56.2 cm³/mol. The van der Waals surface area contributed by atoms with Gasteiger partial charge in [-0.25, -0.2) is 0 Å². The number of nitrogens with zero attached hydrogens (tertiary/aromatic N) is 3. The quantitative estimate of drug-likeness (QED) is 0.809. The summed E-state index contributed by atoms with van der Waals surface area (Å²) < 4.78 is 7.21. The summed E-state index contributed by atoms with van der Waals surface area (Å²) in [5.41, 5.74) is 7.23. The van der Waals surface area contributed by atoms with E-state index >= 15 is 0 Å². The summed E-state index contributed by atoms with van der Waals surface area (Å²) in [6, 6.07) is 3.67. The molecule has 2 N–H and O–H groups in total. The molecule has 0 fully saturated rings. The zero-order valence-corrected chi connectivity index (χ0v) is 8.42. The average molecular weight is 204 g/mol. The summed E-state index contributed by atoms with van der Waals surface area (Å²) in [7, 11) is 1.83. The van der Waals surface area contributed by atoms with Crippen molar-refractivity contribution in [2.24, 2.45) is 7.05 Å². The van der Waals surface area contributed by atoms with E-state index in [0.717, 1.165) is 11.4 Å². The first-order chi connectivity index (χ1) is 7.27. The Balaban J connectivity index is 2.05. The highest BCUT2D eigenvalue weighted by molar-refractivity contribution is 5.40. The number of hydrogen-bond donors (Lipinski definition) is 1. The minimum absolute atomic E-state index is 0.397. The molecule has 5 heteroatoms. The van der Waals surface area contributed by atoms with Crippen molar-refractivity contribution in [3.8, 4) is 5.75 Å². The first kappa shape index (κ1) is 9.51. The number of rotatable bonds is 3. The van der Waals surface area contributed by atoms with Crippen LogP contribution in [0.15, 0.2) is 30.7 Å². The van der Waals surface area contributed by atoms with Crippen molar-refractivity contribution in [1.29, 1.82) is 0 Å². The van der Waals surface area contributed by atoms with E-state index in [9.17, 15) is 0 Å². The van der Waals surface area contributed by atoms with Crippen LogP contribution in [0.2, 0.25) is 0 Å². The van der Waals surface area contributed by atoms with Crippen molar-refractivity contribution in [2.75, 3.05) is 5.73 Å². The molecule has 2 rings (SSSR count). The number of pyridine rings is 1. The van der Waals surface area contributed by atoms with Crippen LogP contribution in [0.4, 0.5) is 5.69 Å². The van der Waals surface area contributed by atoms with E-state index in [1.807, 2.05) is 19.2 Å². The lowest BCUT2D eigenvalue weighted by Gasteiger charge is -2.06. The van der Waals surface area contributed by atoms with Gasteiger partial charge in [0.2, 0.25) is 0 Å². The van der Waals surface area contributed by atoms with Crippen LogP contribution in [-0.4, -0.2) is 14.8 Å². The molecule has 0 spiro atoms. The second kappa shape index (κ2) is 4.00. The molecule has 0 aromatic carbocycles. The summed E-state index contributed by atoms with van der Waals surface area (Å²) in [5, 5.41) is 4.02. The highest BCUT2D eigenvalue weighted by atomic mass is 16.5. The topological polar surface area (TPSA) is 66.0 Å². The van der Waals surface area contributed by atoms with E-state index in [-0.39, 0.29) is 0 Å². The third-order valence-electron chi connectivity index (χ3n) is 2.10. The Morgan fingerprint density at radius 2 is 2.33 bits per heavy atom. The Hall–Kier alpha value is -2.04. The summed E-state index contributed by atoms with van der Waals surface area (Å²) in [6.45, 7) is 0.397. The maximum Gasteiger partial charge on any atom is 0.138 e. The minimum Gasteiger partial charge on any atom is -0.486 e. The molecule has 0 aliphatic heterocycles. The molecule has 2 aromatic heterocycles. The SMILES string of the molecule is Cn1ncc(N)c1COc1cccnc1. The highest BCUT2D eigenvalue weighted by Crippen LogP contribution is 2.13. The van der Waals surface area contributed by atoms with Crippen LogP contribution in [0.25, 0.3) is 0 Å². The van der Waals surface area contributed by atoms with Crippen molar-refractivity contribution < 1.29 is 4.74 Å². The second-order valence-corrected chi connectivity index (χ2v) is 3.15. The number of nitrogens with two attached hydrogens (primary N) is 1.